The Labute approximate surface area is 139 Å². The molecule has 6 heteroatoms. The molecule has 110 valence electrons. The first-order valence-electron chi connectivity index (χ1n) is 6.47. The van der Waals surface area contributed by atoms with Gasteiger partial charge in [0.2, 0.25) is 0 Å². The fourth-order valence-corrected chi connectivity index (χ4v) is 2.75. The van der Waals surface area contributed by atoms with Crippen LogP contribution in [0.5, 0.6) is 0 Å². The largest absolute Gasteiger partial charge is 0.360 e. The Bertz CT molecular complexity index is 599. The van der Waals surface area contributed by atoms with E-state index in [9.17, 15) is 0 Å². The molecule has 0 aliphatic carbocycles. The Kier molecular flexibility index (Phi) is 5.79. The number of benzene rings is 1. The van der Waals surface area contributed by atoms with Gasteiger partial charge in [-0.25, -0.2) is 4.98 Å². The van der Waals surface area contributed by atoms with Crippen LogP contribution in [0, 0.1) is 0 Å². The Morgan fingerprint density at radius 3 is 2.52 bits per heavy atom. The standard InChI is InChI=1S/C15H15Cl2N3S/c1-10(9-11-12(16)5-4-6-13(11)17)19-15(21)20-14-7-2-3-8-18-14/h2-8,10H,9H2,1H3,(H2,18,19,20,21). The van der Waals surface area contributed by atoms with E-state index in [-0.39, 0.29) is 6.04 Å². The summed E-state index contributed by atoms with van der Waals surface area (Å²) in [6, 6.07) is 11.2. The van der Waals surface area contributed by atoms with Crippen molar-refractivity contribution < 1.29 is 0 Å². The maximum Gasteiger partial charge on any atom is 0.172 e. The van der Waals surface area contributed by atoms with E-state index in [0.29, 0.717) is 27.4 Å². The molecule has 0 saturated carbocycles. The molecule has 0 fully saturated rings. The van der Waals surface area contributed by atoms with E-state index in [0.717, 1.165) is 5.56 Å². The lowest BCUT2D eigenvalue weighted by Crippen LogP contribution is -2.37. The molecule has 0 amide bonds. The van der Waals surface area contributed by atoms with E-state index in [4.69, 9.17) is 35.4 Å². The Morgan fingerprint density at radius 1 is 1.19 bits per heavy atom. The first kappa shape index (κ1) is 16.0. The molecule has 0 spiro atoms. The smallest absolute Gasteiger partial charge is 0.172 e. The predicted molar refractivity (Wildman–Crippen MR) is 93.2 cm³/mol. The van der Waals surface area contributed by atoms with E-state index in [1.165, 1.54) is 0 Å². The van der Waals surface area contributed by atoms with Crippen LogP contribution in [-0.4, -0.2) is 16.1 Å². The van der Waals surface area contributed by atoms with Gasteiger partial charge >= 0.3 is 0 Å². The lowest BCUT2D eigenvalue weighted by atomic mass is 10.1. The molecule has 0 aliphatic heterocycles. The molecule has 2 rings (SSSR count). The van der Waals surface area contributed by atoms with Crippen LogP contribution in [0.15, 0.2) is 42.6 Å². The normalized spacial score (nSPS) is 11.8. The highest BCUT2D eigenvalue weighted by atomic mass is 35.5. The van der Waals surface area contributed by atoms with E-state index in [1.807, 2.05) is 43.3 Å². The molecule has 3 nitrogen and oxygen atoms in total. The summed E-state index contributed by atoms with van der Waals surface area (Å²) in [5, 5.41) is 8.08. The third-order valence-corrected chi connectivity index (χ3v) is 3.78. The average Bonchev–Trinajstić information content (AvgIpc) is 2.44. The van der Waals surface area contributed by atoms with Crippen molar-refractivity contribution in [3.8, 4) is 0 Å². The summed E-state index contributed by atoms with van der Waals surface area (Å²) >= 11 is 17.6. The van der Waals surface area contributed by atoms with Crippen molar-refractivity contribution in [2.45, 2.75) is 19.4 Å². The van der Waals surface area contributed by atoms with E-state index in [2.05, 4.69) is 15.6 Å². The van der Waals surface area contributed by atoms with Crippen LogP contribution < -0.4 is 10.6 Å². The van der Waals surface area contributed by atoms with Gasteiger partial charge < -0.3 is 10.6 Å². The van der Waals surface area contributed by atoms with Crippen LogP contribution in [0.25, 0.3) is 0 Å². The van der Waals surface area contributed by atoms with E-state index < -0.39 is 0 Å². The van der Waals surface area contributed by atoms with Crippen LogP contribution in [0.3, 0.4) is 0 Å². The second-order valence-electron chi connectivity index (χ2n) is 4.62. The third kappa shape index (κ3) is 4.84. The number of anilines is 1. The van der Waals surface area contributed by atoms with E-state index in [1.54, 1.807) is 6.20 Å². The Morgan fingerprint density at radius 2 is 1.90 bits per heavy atom. The Hall–Kier alpha value is -1.36. The van der Waals surface area contributed by atoms with E-state index >= 15 is 0 Å². The summed E-state index contributed by atoms with van der Waals surface area (Å²) in [5.41, 5.74) is 0.918. The van der Waals surface area contributed by atoms with Crippen LogP contribution in [0.4, 0.5) is 5.82 Å². The molecule has 1 heterocycles. The monoisotopic (exact) mass is 339 g/mol. The zero-order valence-corrected chi connectivity index (χ0v) is 13.8. The van der Waals surface area contributed by atoms with Gasteiger partial charge in [-0.15, -0.1) is 0 Å². The Balaban J connectivity index is 1.92. The number of pyridine rings is 1. The minimum atomic E-state index is 0.0890. The van der Waals surface area contributed by atoms with Crippen molar-refractivity contribution in [3.05, 3.63) is 58.2 Å². The number of hydrogen-bond donors (Lipinski definition) is 2. The minimum Gasteiger partial charge on any atom is -0.360 e. The molecule has 21 heavy (non-hydrogen) atoms. The van der Waals surface area contributed by atoms with Crippen LogP contribution in [0.1, 0.15) is 12.5 Å². The molecule has 0 saturated heterocycles. The number of hydrogen-bond acceptors (Lipinski definition) is 2. The van der Waals surface area contributed by atoms with Gasteiger partial charge in [0.25, 0.3) is 0 Å². The summed E-state index contributed by atoms with van der Waals surface area (Å²) in [6.07, 6.45) is 2.39. The molecule has 0 aliphatic rings. The first-order valence-corrected chi connectivity index (χ1v) is 7.64. The lowest BCUT2D eigenvalue weighted by Gasteiger charge is -2.18. The fourth-order valence-electron chi connectivity index (χ4n) is 1.90. The SMILES string of the molecule is CC(Cc1c(Cl)cccc1Cl)NC(=S)Nc1ccccn1. The molecular weight excluding hydrogens is 325 g/mol. The van der Waals surface area contributed by atoms with Gasteiger partial charge in [0.05, 0.1) is 0 Å². The zero-order chi connectivity index (χ0) is 15.2. The number of nitrogens with one attached hydrogen (secondary N) is 2. The van der Waals surface area contributed by atoms with Gasteiger partial charge in [-0.1, -0.05) is 35.3 Å². The number of aromatic nitrogens is 1. The summed E-state index contributed by atoms with van der Waals surface area (Å²) in [5.74, 6) is 0.706. The first-order chi connectivity index (χ1) is 10.1. The summed E-state index contributed by atoms with van der Waals surface area (Å²) in [4.78, 5) is 4.16. The number of thiocarbonyl (C=S) groups is 1. The van der Waals surface area contributed by atoms with Crippen molar-refractivity contribution in [2.75, 3.05) is 5.32 Å². The average molecular weight is 340 g/mol. The molecule has 1 atom stereocenters. The number of rotatable bonds is 4. The molecular formula is C15H15Cl2N3S. The van der Waals surface area contributed by atoms with Crippen molar-refractivity contribution >= 4 is 46.4 Å². The van der Waals surface area contributed by atoms with Crippen molar-refractivity contribution in [1.82, 2.24) is 10.3 Å². The molecule has 2 aromatic rings. The molecule has 1 aromatic heterocycles. The number of halogens is 2. The van der Waals surface area contributed by atoms with Crippen LogP contribution in [0.2, 0.25) is 10.0 Å². The number of nitrogens with zero attached hydrogens (tertiary/aromatic N) is 1. The second-order valence-corrected chi connectivity index (χ2v) is 5.84. The van der Waals surface area contributed by atoms with Crippen molar-refractivity contribution in [2.24, 2.45) is 0 Å². The highest BCUT2D eigenvalue weighted by Crippen LogP contribution is 2.25. The maximum absolute atomic E-state index is 6.17. The van der Waals surface area contributed by atoms with Crippen LogP contribution >= 0.6 is 35.4 Å². The fraction of sp³-hybridized carbons (Fsp3) is 0.200. The molecule has 0 bridgehead atoms. The topological polar surface area (TPSA) is 37.0 Å². The summed E-state index contributed by atoms with van der Waals surface area (Å²) < 4.78 is 0. The van der Waals surface area contributed by atoms with Gasteiger partial charge in [0.1, 0.15) is 5.82 Å². The van der Waals surface area contributed by atoms with Gasteiger partial charge in [-0.2, -0.15) is 0 Å². The second kappa shape index (κ2) is 7.59. The third-order valence-electron chi connectivity index (χ3n) is 2.86. The van der Waals surface area contributed by atoms with Gasteiger partial charge in [-0.3, -0.25) is 0 Å². The lowest BCUT2D eigenvalue weighted by molar-refractivity contribution is 0.664. The van der Waals surface area contributed by atoms with Crippen molar-refractivity contribution in [3.63, 3.8) is 0 Å². The summed E-state index contributed by atoms with van der Waals surface area (Å²) in [7, 11) is 0. The van der Waals surface area contributed by atoms with Gasteiger partial charge in [0, 0.05) is 22.3 Å². The summed E-state index contributed by atoms with van der Waals surface area (Å²) in [6.45, 7) is 2.02. The highest BCUT2D eigenvalue weighted by Gasteiger charge is 2.11. The predicted octanol–water partition coefficient (Wildman–Crippen LogP) is 4.31. The van der Waals surface area contributed by atoms with Crippen LogP contribution in [-0.2, 0) is 6.42 Å². The van der Waals surface area contributed by atoms with Gasteiger partial charge in [-0.05, 0) is 55.4 Å². The molecule has 1 aromatic carbocycles. The zero-order valence-electron chi connectivity index (χ0n) is 11.4. The molecule has 2 N–H and O–H groups in total. The molecule has 1 unspecified atom stereocenters. The molecule has 0 radical (unpaired) electrons. The minimum absolute atomic E-state index is 0.0890. The van der Waals surface area contributed by atoms with Crippen molar-refractivity contribution in [1.29, 1.82) is 0 Å². The highest BCUT2D eigenvalue weighted by molar-refractivity contribution is 7.80. The maximum atomic E-state index is 6.17. The quantitative estimate of drug-likeness (QED) is 0.814. The van der Waals surface area contributed by atoms with Gasteiger partial charge in [0.15, 0.2) is 5.11 Å².